The molecule has 0 aliphatic carbocycles. The van der Waals surface area contributed by atoms with E-state index in [0.29, 0.717) is 27.7 Å². The first-order valence-electron chi connectivity index (χ1n) is 8.80. The van der Waals surface area contributed by atoms with E-state index in [0.717, 1.165) is 11.1 Å². The van der Waals surface area contributed by atoms with Crippen molar-refractivity contribution in [1.29, 1.82) is 0 Å². The van der Waals surface area contributed by atoms with Crippen LogP contribution in [0.15, 0.2) is 40.3 Å². The molecule has 3 rings (SSSR count). The van der Waals surface area contributed by atoms with E-state index in [1.807, 2.05) is 26.0 Å². The van der Waals surface area contributed by atoms with E-state index in [1.54, 1.807) is 24.4 Å². The van der Waals surface area contributed by atoms with Gasteiger partial charge in [0.25, 0.3) is 11.8 Å². The van der Waals surface area contributed by atoms with Crippen molar-refractivity contribution < 1.29 is 18.8 Å². The Bertz CT molecular complexity index is 1070. The predicted molar refractivity (Wildman–Crippen MR) is 109 cm³/mol. The fourth-order valence-corrected chi connectivity index (χ4v) is 3.41. The van der Waals surface area contributed by atoms with Gasteiger partial charge in [0.05, 0.1) is 23.9 Å². The van der Waals surface area contributed by atoms with Crippen molar-refractivity contribution in [2.24, 2.45) is 0 Å². The van der Waals surface area contributed by atoms with Crippen LogP contribution >= 0.6 is 11.3 Å². The molecule has 0 radical (unpaired) electrons. The number of anilines is 1. The molecule has 150 valence electrons. The number of aryl methyl sites for hydroxylation is 3. The standard InChI is InChI=1S/C20H20N4O4S/c1-11-4-5-15(12(2)8-11)19(27)24-23-17(25)9-14-10-29-20(21-14)22-18(26)16-6-7-28-13(16)3/h4-8,10H,9H2,1-3H3,(H,23,25)(H,24,27)(H,21,22,26). The zero-order valence-corrected chi connectivity index (χ0v) is 17.0. The first-order chi connectivity index (χ1) is 13.8. The Kier molecular flexibility index (Phi) is 6.08. The summed E-state index contributed by atoms with van der Waals surface area (Å²) < 4.78 is 5.11. The van der Waals surface area contributed by atoms with E-state index in [2.05, 4.69) is 21.2 Å². The van der Waals surface area contributed by atoms with E-state index in [-0.39, 0.29) is 12.3 Å². The number of furan rings is 1. The van der Waals surface area contributed by atoms with Gasteiger partial charge in [-0.2, -0.15) is 0 Å². The van der Waals surface area contributed by atoms with Crippen molar-refractivity contribution in [1.82, 2.24) is 15.8 Å². The molecule has 0 aliphatic heterocycles. The molecule has 9 heteroatoms. The van der Waals surface area contributed by atoms with E-state index in [9.17, 15) is 14.4 Å². The number of thiazole rings is 1. The Morgan fingerprint density at radius 2 is 1.83 bits per heavy atom. The largest absolute Gasteiger partial charge is 0.469 e. The lowest BCUT2D eigenvalue weighted by Gasteiger charge is -2.09. The van der Waals surface area contributed by atoms with E-state index in [1.165, 1.54) is 17.6 Å². The van der Waals surface area contributed by atoms with Crippen molar-refractivity contribution in [2.75, 3.05) is 5.32 Å². The van der Waals surface area contributed by atoms with Crippen molar-refractivity contribution in [2.45, 2.75) is 27.2 Å². The van der Waals surface area contributed by atoms with Crippen LogP contribution in [0.4, 0.5) is 5.13 Å². The lowest BCUT2D eigenvalue weighted by Crippen LogP contribution is -2.42. The van der Waals surface area contributed by atoms with Crippen LogP contribution in [0.3, 0.4) is 0 Å². The highest BCUT2D eigenvalue weighted by Crippen LogP contribution is 2.18. The summed E-state index contributed by atoms with van der Waals surface area (Å²) >= 11 is 1.21. The van der Waals surface area contributed by atoms with Gasteiger partial charge in [0.15, 0.2) is 5.13 Å². The number of aromatic nitrogens is 1. The fraction of sp³-hybridized carbons (Fsp3) is 0.200. The lowest BCUT2D eigenvalue weighted by molar-refractivity contribution is -0.121. The summed E-state index contributed by atoms with van der Waals surface area (Å²) in [6, 6.07) is 7.01. The van der Waals surface area contributed by atoms with Crippen molar-refractivity contribution in [3.05, 3.63) is 69.6 Å². The van der Waals surface area contributed by atoms with Gasteiger partial charge in [-0.05, 0) is 38.5 Å². The summed E-state index contributed by atoms with van der Waals surface area (Å²) in [6.45, 7) is 5.47. The third-order valence-corrected chi connectivity index (χ3v) is 4.97. The van der Waals surface area contributed by atoms with Crippen molar-refractivity contribution in [3.63, 3.8) is 0 Å². The summed E-state index contributed by atoms with van der Waals surface area (Å²) in [7, 11) is 0. The molecule has 3 aromatic rings. The number of rotatable bonds is 5. The molecular weight excluding hydrogens is 392 g/mol. The molecule has 0 spiro atoms. The molecule has 29 heavy (non-hydrogen) atoms. The maximum Gasteiger partial charge on any atom is 0.269 e. The van der Waals surface area contributed by atoms with E-state index in [4.69, 9.17) is 4.42 Å². The number of benzene rings is 1. The molecule has 2 aromatic heterocycles. The normalized spacial score (nSPS) is 10.4. The zero-order valence-electron chi connectivity index (χ0n) is 16.2. The summed E-state index contributed by atoms with van der Waals surface area (Å²) in [6.07, 6.45) is 1.40. The van der Waals surface area contributed by atoms with Gasteiger partial charge in [-0.3, -0.25) is 30.6 Å². The molecule has 0 atom stereocenters. The minimum Gasteiger partial charge on any atom is -0.469 e. The minimum atomic E-state index is -0.419. The first-order valence-corrected chi connectivity index (χ1v) is 9.67. The third kappa shape index (κ3) is 5.08. The fourth-order valence-electron chi connectivity index (χ4n) is 2.70. The summed E-state index contributed by atoms with van der Waals surface area (Å²) in [5.74, 6) is -0.630. The van der Waals surface area contributed by atoms with Gasteiger partial charge in [0.1, 0.15) is 5.76 Å². The Hall–Kier alpha value is -3.46. The van der Waals surface area contributed by atoms with Crippen LogP contribution in [0.5, 0.6) is 0 Å². The molecule has 3 N–H and O–H groups in total. The Labute approximate surface area is 171 Å². The SMILES string of the molecule is Cc1ccc(C(=O)NNC(=O)Cc2csc(NC(=O)c3ccoc3C)n2)c(C)c1. The number of carbonyl (C=O) groups excluding carboxylic acids is 3. The average molecular weight is 412 g/mol. The maximum absolute atomic E-state index is 12.2. The van der Waals surface area contributed by atoms with Crippen molar-refractivity contribution in [3.8, 4) is 0 Å². The number of hydrazine groups is 1. The summed E-state index contributed by atoms with van der Waals surface area (Å²) in [5, 5.41) is 4.71. The molecule has 3 amide bonds. The average Bonchev–Trinajstić information content (AvgIpc) is 3.28. The quantitative estimate of drug-likeness (QED) is 0.558. The van der Waals surface area contributed by atoms with Crippen LogP contribution in [0, 0.1) is 20.8 Å². The van der Waals surface area contributed by atoms with Gasteiger partial charge in [-0.15, -0.1) is 11.3 Å². The second-order valence-corrected chi connectivity index (χ2v) is 7.34. The summed E-state index contributed by atoms with van der Waals surface area (Å²) in [5.41, 5.74) is 8.05. The molecule has 2 heterocycles. The molecule has 1 aromatic carbocycles. The van der Waals surface area contributed by atoms with Gasteiger partial charge in [0, 0.05) is 10.9 Å². The lowest BCUT2D eigenvalue weighted by atomic mass is 10.1. The number of carbonyl (C=O) groups is 3. The molecule has 0 saturated carbocycles. The zero-order chi connectivity index (χ0) is 21.0. The smallest absolute Gasteiger partial charge is 0.269 e. The number of hydrogen-bond donors (Lipinski definition) is 3. The topological polar surface area (TPSA) is 113 Å². The van der Waals surface area contributed by atoms with Gasteiger partial charge in [-0.25, -0.2) is 4.98 Å². The number of nitrogens with one attached hydrogen (secondary N) is 3. The molecule has 0 saturated heterocycles. The third-order valence-electron chi connectivity index (χ3n) is 4.16. The Balaban J connectivity index is 1.51. The van der Waals surface area contributed by atoms with Crippen molar-refractivity contribution >= 4 is 34.2 Å². The molecule has 0 unspecified atom stereocenters. The van der Waals surface area contributed by atoms with Crippen LogP contribution in [0.1, 0.15) is 43.3 Å². The highest BCUT2D eigenvalue weighted by Gasteiger charge is 2.15. The minimum absolute atomic E-state index is 0.0374. The predicted octanol–water partition coefficient (Wildman–Crippen LogP) is 2.92. The van der Waals surface area contributed by atoms with Crippen LogP contribution in [-0.2, 0) is 11.2 Å². The van der Waals surface area contributed by atoms with Crippen LogP contribution in [0.2, 0.25) is 0 Å². The maximum atomic E-state index is 12.2. The number of nitrogens with zero attached hydrogens (tertiary/aromatic N) is 1. The van der Waals surface area contributed by atoms with Crippen LogP contribution in [-0.4, -0.2) is 22.7 Å². The van der Waals surface area contributed by atoms with Gasteiger partial charge < -0.3 is 4.42 Å². The second-order valence-electron chi connectivity index (χ2n) is 6.49. The Morgan fingerprint density at radius 3 is 2.52 bits per heavy atom. The monoisotopic (exact) mass is 412 g/mol. The van der Waals surface area contributed by atoms with E-state index >= 15 is 0 Å². The van der Waals surface area contributed by atoms with Crippen LogP contribution in [0.25, 0.3) is 0 Å². The molecule has 8 nitrogen and oxygen atoms in total. The molecule has 0 fully saturated rings. The van der Waals surface area contributed by atoms with Gasteiger partial charge in [-0.1, -0.05) is 17.7 Å². The van der Waals surface area contributed by atoms with Gasteiger partial charge in [0.2, 0.25) is 5.91 Å². The Morgan fingerprint density at radius 1 is 1.03 bits per heavy atom. The van der Waals surface area contributed by atoms with Gasteiger partial charge >= 0.3 is 0 Å². The molecule has 0 aliphatic rings. The number of amides is 3. The first kappa shape index (κ1) is 20.3. The second kappa shape index (κ2) is 8.70. The number of hydrogen-bond acceptors (Lipinski definition) is 6. The molecular formula is C20H20N4O4S. The van der Waals surface area contributed by atoms with Crippen LogP contribution < -0.4 is 16.2 Å². The highest BCUT2D eigenvalue weighted by atomic mass is 32.1. The molecule has 0 bridgehead atoms. The highest BCUT2D eigenvalue weighted by molar-refractivity contribution is 7.14. The summed E-state index contributed by atoms with van der Waals surface area (Å²) in [4.78, 5) is 40.7. The van der Waals surface area contributed by atoms with E-state index < -0.39 is 11.8 Å².